The number of methoxy groups -OCH3 is 1. The molecule has 0 aliphatic rings. The minimum Gasteiger partial charge on any atom is -0.467 e. The van der Waals surface area contributed by atoms with Gasteiger partial charge in [0.1, 0.15) is 5.82 Å². The monoisotopic (exact) mass is 364 g/mol. The van der Waals surface area contributed by atoms with Gasteiger partial charge in [0.15, 0.2) is 0 Å². The van der Waals surface area contributed by atoms with E-state index in [0.717, 1.165) is 0 Å². The third kappa shape index (κ3) is 4.30. The molecular weight excluding hydrogens is 347 g/mol. The van der Waals surface area contributed by atoms with Crippen LogP contribution in [0.4, 0.5) is 10.1 Å². The standard InChI is InChI=1S/C19H17FN6O/c1-13(18-6-4-5-7-22-18)25-26(21-2)17-9-14(8-16(20)10-17)15-11-23-19(27-3)24-12-15/h4-12H,2H2,1,3H3/b25-13+. The molecule has 1 aromatic carbocycles. The lowest BCUT2D eigenvalue weighted by molar-refractivity contribution is 0.380. The van der Waals surface area contributed by atoms with Crippen molar-refractivity contribution in [1.82, 2.24) is 15.0 Å². The van der Waals surface area contributed by atoms with E-state index in [2.05, 4.69) is 31.9 Å². The van der Waals surface area contributed by atoms with E-state index in [-0.39, 0.29) is 6.01 Å². The molecule has 8 heteroatoms. The van der Waals surface area contributed by atoms with Crippen LogP contribution in [0.3, 0.4) is 0 Å². The number of aromatic nitrogens is 3. The number of hydrogen-bond donors (Lipinski definition) is 0. The predicted octanol–water partition coefficient (Wildman–Crippen LogP) is 3.53. The van der Waals surface area contributed by atoms with Crippen LogP contribution < -0.4 is 9.85 Å². The van der Waals surface area contributed by atoms with Gasteiger partial charge in [-0.1, -0.05) is 6.07 Å². The molecule has 2 heterocycles. The molecule has 0 fully saturated rings. The van der Waals surface area contributed by atoms with Crippen LogP contribution in [0.15, 0.2) is 65.2 Å². The summed E-state index contributed by atoms with van der Waals surface area (Å²) >= 11 is 0. The molecule has 0 amide bonds. The van der Waals surface area contributed by atoms with Gasteiger partial charge in [-0.2, -0.15) is 15.3 Å². The van der Waals surface area contributed by atoms with E-state index in [1.54, 1.807) is 31.6 Å². The van der Waals surface area contributed by atoms with Crippen LogP contribution in [-0.4, -0.2) is 34.5 Å². The molecule has 0 saturated carbocycles. The molecule has 0 atom stereocenters. The lowest BCUT2D eigenvalue weighted by Crippen LogP contribution is -2.12. The van der Waals surface area contributed by atoms with Crippen LogP contribution in [0, 0.1) is 5.82 Å². The Labute approximate surface area is 155 Å². The number of anilines is 1. The highest BCUT2D eigenvalue weighted by atomic mass is 19.1. The molecule has 0 unspecified atom stereocenters. The van der Waals surface area contributed by atoms with Gasteiger partial charge in [-0.15, -0.1) is 0 Å². The maximum Gasteiger partial charge on any atom is 0.316 e. The molecule has 0 N–H and O–H groups in total. The first-order valence-corrected chi connectivity index (χ1v) is 8.01. The zero-order valence-electron chi connectivity index (χ0n) is 14.9. The first-order valence-electron chi connectivity index (χ1n) is 8.01. The highest BCUT2D eigenvalue weighted by Gasteiger charge is 2.11. The minimum absolute atomic E-state index is 0.236. The molecule has 27 heavy (non-hydrogen) atoms. The van der Waals surface area contributed by atoms with Crippen molar-refractivity contribution in [2.45, 2.75) is 6.92 Å². The van der Waals surface area contributed by atoms with E-state index < -0.39 is 5.82 Å². The van der Waals surface area contributed by atoms with Gasteiger partial charge in [0.05, 0.1) is 24.2 Å². The molecule has 136 valence electrons. The predicted molar refractivity (Wildman–Crippen MR) is 102 cm³/mol. The fourth-order valence-electron chi connectivity index (χ4n) is 2.37. The number of nitrogens with zero attached hydrogens (tertiary/aromatic N) is 6. The summed E-state index contributed by atoms with van der Waals surface area (Å²) in [6.45, 7) is 5.31. The number of rotatable bonds is 6. The van der Waals surface area contributed by atoms with Crippen molar-refractivity contribution in [2.24, 2.45) is 10.2 Å². The summed E-state index contributed by atoms with van der Waals surface area (Å²) in [5.41, 5.74) is 2.91. The Balaban J connectivity index is 1.97. The summed E-state index contributed by atoms with van der Waals surface area (Å²) in [6, 6.07) is 10.2. The van der Waals surface area contributed by atoms with Gasteiger partial charge in [0, 0.05) is 36.9 Å². The Morgan fingerprint density at radius 1 is 1.11 bits per heavy atom. The maximum absolute atomic E-state index is 14.2. The van der Waals surface area contributed by atoms with Gasteiger partial charge in [-0.25, -0.2) is 14.4 Å². The van der Waals surface area contributed by atoms with Gasteiger partial charge >= 0.3 is 6.01 Å². The van der Waals surface area contributed by atoms with Crippen molar-refractivity contribution in [3.63, 3.8) is 0 Å². The van der Waals surface area contributed by atoms with Gasteiger partial charge < -0.3 is 4.74 Å². The maximum atomic E-state index is 14.2. The van der Waals surface area contributed by atoms with Crippen molar-refractivity contribution < 1.29 is 9.13 Å². The van der Waals surface area contributed by atoms with E-state index >= 15 is 0 Å². The fourth-order valence-corrected chi connectivity index (χ4v) is 2.37. The van der Waals surface area contributed by atoms with Crippen molar-refractivity contribution in [3.05, 3.63) is 66.5 Å². The summed E-state index contributed by atoms with van der Waals surface area (Å²) in [6.07, 6.45) is 4.78. The van der Waals surface area contributed by atoms with Gasteiger partial charge in [0.2, 0.25) is 0 Å². The first kappa shape index (κ1) is 18.1. The smallest absolute Gasteiger partial charge is 0.316 e. The zero-order valence-corrected chi connectivity index (χ0v) is 14.9. The molecule has 0 radical (unpaired) electrons. The number of hydrazone groups is 2. The summed E-state index contributed by atoms with van der Waals surface area (Å²) in [5, 5.41) is 9.51. The largest absolute Gasteiger partial charge is 0.467 e. The fraction of sp³-hybridized carbons (Fsp3) is 0.105. The van der Waals surface area contributed by atoms with Crippen molar-refractivity contribution in [1.29, 1.82) is 0 Å². The van der Waals surface area contributed by atoms with Crippen LogP contribution in [0.1, 0.15) is 12.6 Å². The molecule has 2 aromatic heterocycles. The lowest BCUT2D eigenvalue weighted by atomic mass is 10.1. The van der Waals surface area contributed by atoms with E-state index in [1.807, 2.05) is 18.2 Å². The van der Waals surface area contributed by atoms with Crippen molar-refractivity contribution >= 4 is 18.1 Å². The number of ether oxygens (including phenoxy) is 1. The second kappa shape index (κ2) is 8.13. The Kier molecular flexibility index (Phi) is 5.46. The number of hydrogen-bond acceptors (Lipinski definition) is 7. The third-order valence-corrected chi connectivity index (χ3v) is 3.67. The van der Waals surface area contributed by atoms with Gasteiger partial charge in [-0.3, -0.25) is 4.98 Å². The SMILES string of the molecule is C=NN(/N=C(\C)c1ccccn1)c1cc(F)cc(-c2cnc(OC)nc2)c1. The quantitative estimate of drug-likeness (QED) is 0.494. The molecule has 0 spiro atoms. The molecule has 7 nitrogen and oxygen atoms in total. The molecule has 3 aromatic rings. The first-order chi connectivity index (χ1) is 13.1. The Bertz CT molecular complexity index is 960. The number of benzene rings is 1. The average molecular weight is 364 g/mol. The Morgan fingerprint density at radius 2 is 1.89 bits per heavy atom. The summed E-state index contributed by atoms with van der Waals surface area (Å²) in [7, 11) is 1.48. The highest BCUT2D eigenvalue weighted by molar-refractivity contribution is 5.97. The average Bonchev–Trinajstić information content (AvgIpc) is 2.72. The van der Waals surface area contributed by atoms with Crippen molar-refractivity contribution in [3.8, 4) is 17.1 Å². The highest BCUT2D eigenvalue weighted by Crippen LogP contribution is 2.27. The molecule has 0 saturated heterocycles. The van der Waals surface area contributed by atoms with E-state index in [0.29, 0.717) is 28.2 Å². The topological polar surface area (TPSA) is 75.9 Å². The van der Waals surface area contributed by atoms with Gasteiger partial charge in [0.25, 0.3) is 0 Å². The molecule has 0 bridgehead atoms. The summed E-state index contributed by atoms with van der Waals surface area (Å²) < 4.78 is 19.1. The summed E-state index contributed by atoms with van der Waals surface area (Å²) in [4.78, 5) is 12.3. The van der Waals surface area contributed by atoms with Crippen LogP contribution in [-0.2, 0) is 0 Å². The second-order valence-electron chi connectivity index (χ2n) is 5.49. The normalized spacial score (nSPS) is 11.1. The number of halogens is 1. The van der Waals surface area contributed by atoms with Gasteiger partial charge in [-0.05, 0) is 36.8 Å². The van der Waals surface area contributed by atoms with E-state index in [9.17, 15) is 4.39 Å². The van der Waals surface area contributed by atoms with E-state index in [1.165, 1.54) is 24.4 Å². The molecular formula is C19H17FN6O. The van der Waals surface area contributed by atoms with Crippen LogP contribution in [0.25, 0.3) is 11.1 Å². The van der Waals surface area contributed by atoms with Crippen LogP contribution >= 0.6 is 0 Å². The van der Waals surface area contributed by atoms with Crippen LogP contribution in [0.5, 0.6) is 6.01 Å². The Morgan fingerprint density at radius 3 is 2.52 bits per heavy atom. The third-order valence-electron chi connectivity index (χ3n) is 3.67. The van der Waals surface area contributed by atoms with E-state index in [4.69, 9.17) is 4.74 Å². The molecule has 0 aliphatic heterocycles. The molecule has 0 aliphatic carbocycles. The summed E-state index contributed by atoms with van der Waals surface area (Å²) in [5.74, 6) is -0.447. The Hall–Kier alpha value is -3.68. The van der Waals surface area contributed by atoms with Crippen molar-refractivity contribution in [2.75, 3.05) is 12.2 Å². The zero-order chi connectivity index (χ0) is 19.2. The lowest BCUT2D eigenvalue weighted by Gasteiger charge is -2.15. The van der Waals surface area contributed by atoms with Crippen LogP contribution in [0.2, 0.25) is 0 Å². The molecule has 3 rings (SSSR count). The second-order valence-corrected chi connectivity index (χ2v) is 5.49. The minimum atomic E-state index is -0.447. The number of pyridine rings is 1.